The summed E-state index contributed by atoms with van der Waals surface area (Å²) < 4.78 is 5.66. The normalized spacial score (nSPS) is 10.9. The Morgan fingerprint density at radius 3 is 3.08 bits per heavy atom. The van der Waals surface area contributed by atoms with E-state index in [0.29, 0.717) is 30.0 Å². The van der Waals surface area contributed by atoms with E-state index >= 15 is 0 Å². The third-order valence-corrected chi connectivity index (χ3v) is 4.82. The first-order valence-electron chi connectivity index (χ1n) is 7.38. The van der Waals surface area contributed by atoms with Crippen molar-refractivity contribution in [3.63, 3.8) is 0 Å². The number of aromatic nitrogens is 5. The molecule has 0 atom stereocenters. The average molecular weight is 364 g/mol. The van der Waals surface area contributed by atoms with Gasteiger partial charge in [0, 0.05) is 6.54 Å². The monoisotopic (exact) mass is 364 g/mol. The van der Waals surface area contributed by atoms with Crippen molar-refractivity contribution < 1.29 is 9.21 Å². The van der Waals surface area contributed by atoms with Crippen molar-refractivity contribution in [2.45, 2.75) is 25.0 Å². The summed E-state index contributed by atoms with van der Waals surface area (Å²) in [5, 5.41) is 17.2. The zero-order valence-corrected chi connectivity index (χ0v) is 14.6. The number of thioether (sulfide) groups is 1. The van der Waals surface area contributed by atoms with Gasteiger partial charge in [0.2, 0.25) is 11.8 Å². The fraction of sp³-hybridized carbons (Fsp3) is 0.357. The van der Waals surface area contributed by atoms with Gasteiger partial charge in [-0.05, 0) is 17.9 Å². The molecule has 3 aromatic rings. The van der Waals surface area contributed by atoms with E-state index in [4.69, 9.17) is 4.42 Å². The first-order valence-corrected chi connectivity index (χ1v) is 9.25. The molecule has 8 nitrogen and oxygen atoms in total. The summed E-state index contributed by atoms with van der Waals surface area (Å²) in [6, 6.07) is 3.85. The number of H-pyrrole nitrogens is 1. The molecule has 0 radical (unpaired) electrons. The third kappa shape index (κ3) is 4.20. The van der Waals surface area contributed by atoms with Gasteiger partial charge in [0.15, 0.2) is 5.16 Å². The average Bonchev–Trinajstić information content (AvgIpc) is 3.33. The highest BCUT2D eigenvalue weighted by Crippen LogP contribution is 2.23. The van der Waals surface area contributed by atoms with Crippen LogP contribution in [0.4, 0.5) is 0 Å². The summed E-state index contributed by atoms with van der Waals surface area (Å²) in [7, 11) is 0. The number of carbonyl (C=O) groups excluding carboxylic acids is 1. The number of amides is 1. The van der Waals surface area contributed by atoms with Crippen molar-refractivity contribution in [3.05, 3.63) is 29.7 Å². The summed E-state index contributed by atoms with van der Waals surface area (Å²) in [5.41, 5.74) is 0. The first-order chi connectivity index (χ1) is 11.8. The highest BCUT2D eigenvalue weighted by Gasteiger charge is 2.18. The van der Waals surface area contributed by atoms with Crippen LogP contribution < -0.4 is 0 Å². The molecule has 0 spiro atoms. The fourth-order valence-electron chi connectivity index (χ4n) is 2.03. The number of aromatic amines is 1. The van der Waals surface area contributed by atoms with Crippen LogP contribution in [0.5, 0.6) is 0 Å². The minimum absolute atomic E-state index is 0.00544. The molecule has 126 valence electrons. The van der Waals surface area contributed by atoms with Gasteiger partial charge in [-0.15, -0.1) is 21.5 Å². The molecule has 0 aliphatic rings. The van der Waals surface area contributed by atoms with Gasteiger partial charge < -0.3 is 9.32 Å². The lowest BCUT2D eigenvalue weighted by Gasteiger charge is -2.19. The topological polar surface area (TPSA) is 101 Å². The van der Waals surface area contributed by atoms with E-state index < -0.39 is 0 Å². The van der Waals surface area contributed by atoms with E-state index in [1.807, 2.05) is 24.4 Å². The number of thiophene rings is 1. The summed E-state index contributed by atoms with van der Waals surface area (Å²) in [6.45, 7) is 2.96. The van der Waals surface area contributed by atoms with Crippen LogP contribution in [0.15, 0.2) is 33.4 Å². The molecule has 0 aliphatic heterocycles. The number of hydrogen-bond acceptors (Lipinski definition) is 8. The predicted octanol–water partition coefficient (Wildman–Crippen LogP) is 2.45. The van der Waals surface area contributed by atoms with Crippen LogP contribution in [0, 0.1) is 0 Å². The van der Waals surface area contributed by atoms with E-state index in [0.717, 1.165) is 11.3 Å². The van der Waals surface area contributed by atoms with Crippen LogP contribution in [0.3, 0.4) is 0 Å². The lowest BCUT2D eigenvalue weighted by atomic mass is 10.4. The molecule has 0 fully saturated rings. The molecule has 0 aromatic carbocycles. The maximum atomic E-state index is 12.4. The predicted molar refractivity (Wildman–Crippen MR) is 90.4 cm³/mol. The van der Waals surface area contributed by atoms with Crippen molar-refractivity contribution in [1.29, 1.82) is 0 Å². The highest BCUT2D eigenvalue weighted by molar-refractivity contribution is 7.99. The summed E-state index contributed by atoms with van der Waals surface area (Å²) in [6.07, 6.45) is 2.27. The SMILES string of the molecule is CCCN(Cc1nnc(-c2cccs2)o1)C(=O)CSc1ncn[nH]1. The van der Waals surface area contributed by atoms with Gasteiger partial charge in [-0.2, -0.15) is 5.10 Å². The van der Waals surface area contributed by atoms with Crippen molar-refractivity contribution in [1.82, 2.24) is 30.3 Å². The zero-order valence-electron chi connectivity index (χ0n) is 13.0. The van der Waals surface area contributed by atoms with Gasteiger partial charge >= 0.3 is 0 Å². The molecule has 3 aromatic heterocycles. The summed E-state index contributed by atoms with van der Waals surface area (Å²) >= 11 is 2.85. The molecule has 24 heavy (non-hydrogen) atoms. The summed E-state index contributed by atoms with van der Waals surface area (Å²) in [5.74, 6) is 1.19. The zero-order chi connectivity index (χ0) is 16.8. The van der Waals surface area contributed by atoms with Gasteiger partial charge in [-0.1, -0.05) is 24.8 Å². The Labute approximate surface area is 146 Å². The Morgan fingerprint density at radius 1 is 1.46 bits per heavy atom. The van der Waals surface area contributed by atoms with E-state index in [2.05, 4.69) is 25.4 Å². The molecule has 1 N–H and O–H groups in total. The van der Waals surface area contributed by atoms with Gasteiger partial charge in [-0.25, -0.2) is 4.98 Å². The Morgan fingerprint density at radius 2 is 2.38 bits per heavy atom. The van der Waals surface area contributed by atoms with Crippen LogP contribution >= 0.6 is 23.1 Å². The molecule has 0 unspecified atom stereocenters. The van der Waals surface area contributed by atoms with Crippen LogP contribution in [0.2, 0.25) is 0 Å². The third-order valence-electron chi connectivity index (χ3n) is 3.10. The molecule has 3 rings (SSSR count). The van der Waals surface area contributed by atoms with Gasteiger partial charge in [0.1, 0.15) is 6.33 Å². The highest BCUT2D eigenvalue weighted by atomic mass is 32.2. The maximum Gasteiger partial charge on any atom is 0.257 e. The Kier molecular flexibility index (Phi) is 5.59. The van der Waals surface area contributed by atoms with Crippen molar-refractivity contribution in [2.75, 3.05) is 12.3 Å². The molecular formula is C14H16N6O2S2. The van der Waals surface area contributed by atoms with Crippen LogP contribution in [-0.2, 0) is 11.3 Å². The van der Waals surface area contributed by atoms with E-state index in [9.17, 15) is 4.79 Å². The maximum absolute atomic E-state index is 12.4. The van der Waals surface area contributed by atoms with Crippen molar-refractivity contribution >= 4 is 29.0 Å². The molecule has 1 amide bonds. The largest absolute Gasteiger partial charge is 0.418 e. The van der Waals surface area contributed by atoms with Gasteiger partial charge in [0.25, 0.3) is 5.89 Å². The number of nitrogens with zero attached hydrogens (tertiary/aromatic N) is 5. The fourth-order valence-corrected chi connectivity index (χ4v) is 3.35. The standard InChI is InChI=1S/C14H16N6O2S2/c1-2-5-20(12(21)8-24-14-15-9-16-19-14)7-11-17-18-13(22-11)10-4-3-6-23-10/h3-4,6,9H,2,5,7-8H2,1H3,(H,15,16,19). The van der Waals surface area contributed by atoms with E-state index in [-0.39, 0.29) is 11.7 Å². The summed E-state index contributed by atoms with van der Waals surface area (Å²) in [4.78, 5) is 19.1. The number of carbonyl (C=O) groups is 1. The molecule has 0 aliphatic carbocycles. The molecular weight excluding hydrogens is 348 g/mol. The lowest BCUT2D eigenvalue weighted by molar-refractivity contribution is -0.129. The second-order valence-electron chi connectivity index (χ2n) is 4.87. The quantitative estimate of drug-likeness (QED) is 0.613. The van der Waals surface area contributed by atoms with Crippen LogP contribution in [-0.4, -0.2) is 48.5 Å². The molecule has 0 bridgehead atoms. The Balaban J connectivity index is 1.61. The number of hydrogen-bond donors (Lipinski definition) is 1. The molecule has 0 saturated heterocycles. The van der Waals surface area contributed by atoms with Crippen LogP contribution in [0.1, 0.15) is 19.2 Å². The van der Waals surface area contributed by atoms with Gasteiger partial charge in [0.05, 0.1) is 17.2 Å². The minimum Gasteiger partial charge on any atom is -0.418 e. The molecule has 10 heteroatoms. The second-order valence-corrected chi connectivity index (χ2v) is 6.78. The number of nitrogens with one attached hydrogen (secondary N) is 1. The Bertz CT molecular complexity index is 756. The van der Waals surface area contributed by atoms with Gasteiger partial charge in [-0.3, -0.25) is 9.89 Å². The lowest BCUT2D eigenvalue weighted by Crippen LogP contribution is -2.32. The Hall–Kier alpha value is -2.20. The first kappa shape index (κ1) is 16.7. The van der Waals surface area contributed by atoms with Crippen molar-refractivity contribution in [2.24, 2.45) is 0 Å². The minimum atomic E-state index is -0.00544. The van der Waals surface area contributed by atoms with Crippen LogP contribution in [0.25, 0.3) is 10.8 Å². The van der Waals surface area contributed by atoms with E-state index in [1.165, 1.54) is 29.4 Å². The second kappa shape index (κ2) is 8.06. The van der Waals surface area contributed by atoms with Crippen molar-refractivity contribution in [3.8, 4) is 10.8 Å². The molecule has 0 saturated carbocycles. The number of rotatable bonds is 8. The molecule has 3 heterocycles. The smallest absolute Gasteiger partial charge is 0.257 e. The van der Waals surface area contributed by atoms with E-state index in [1.54, 1.807) is 4.90 Å².